The number of fused-ring (bicyclic) bond motifs is 6. The third-order valence-corrected chi connectivity index (χ3v) is 9.71. The van der Waals surface area contributed by atoms with Crippen molar-refractivity contribution in [1.29, 1.82) is 0 Å². The number of aliphatic imine (C=N–C) groups is 3. The Morgan fingerprint density at radius 3 is 1.92 bits per heavy atom. The summed E-state index contributed by atoms with van der Waals surface area (Å²) in [6.45, 7) is 4.27. The van der Waals surface area contributed by atoms with Crippen LogP contribution in [-0.2, 0) is 6.54 Å². The van der Waals surface area contributed by atoms with Gasteiger partial charge in [0.15, 0.2) is 11.7 Å². The van der Waals surface area contributed by atoms with Gasteiger partial charge in [0.05, 0.1) is 6.54 Å². The molecule has 52 heavy (non-hydrogen) atoms. The zero-order valence-electron chi connectivity index (χ0n) is 28.4. The molecule has 0 fully saturated rings. The Bertz CT molecular complexity index is 2810. The van der Waals surface area contributed by atoms with Crippen LogP contribution in [0, 0.1) is 0 Å². The molecule has 0 saturated heterocycles. The molecule has 0 saturated carbocycles. The number of nitrogens with zero attached hydrogens (tertiary/aromatic N) is 3. The van der Waals surface area contributed by atoms with Crippen molar-refractivity contribution in [2.24, 2.45) is 15.0 Å². The second kappa shape index (κ2) is 13.4. The highest BCUT2D eigenvalue weighted by Crippen LogP contribution is 2.39. The molecule has 1 heterocycles. The molecule has 0 aliphatic rings. The summed E-state index contributed by atoms with van der Waals surface area (Å²) in [5, 5.41) is 7.07. The van der Waals surface area contributed by atoms with Gasteiger partial charge in [-0.15, -0.1) is 0 Å². The van der Waals surface area contributed by atoms with E-state index in [1.807, 2.05) is 72.8 Å². The molecular weight excluding hydrogens is 635 g/mol. The highest BCUT2D eigenvalue weighted by Gasteiger charge is 2.15. The van der Waals surface area contributed by atoms with Crippen molar-refractivity contribution in [3.05, 3.63) is 193 Å². The van der Waals surface area contributed by atoms with E-state index in [-0.39, 0.29) is 0 Å². The summed E-state index contributed by atoms with van der Waals surface area (Å²) in [6.07, 6.45) is 0. The Hall–Kier alpha value is -6.91. The fourth-order valence-corrected chi connectivity index (χ4v) is 7.16. The summed E-state index contributed by atoms with van der Waals surface area (Å²) in [5.74, 6) is 1.10. The molecular formula is C48H33N3O. The first-order valence-corrected chi connectivity index (χ1v) is 17.4. The SMILES string of the molecule is C=NC(=NC(=NCc1cccc2oc3cc(-c4cc5ccccc5c5ccccc45)ccc3c12)c1ccccc1)c1ccc(-c2ccccc2)cc1. The van der Waals surface area contributed by atoms with Crippen molar-refractivity contribution in [3.8, 4) is 22.3 Å². The molecule has 0 atom stereocenters. The summed E-state index contributed by atoms with van der Waals surface area (Å²) in [5.41, 5.74) is 9.11. The Kier molecular flexibility index (Phi) is 8.03. The van der Waals surface area contributed by atoms with Gasteiger partial charge in [-0.2, -0.15) is 0 Å². The van der Waals surface area contributed by atoms with Crippen molar-refractivity contribution in [1.82, 2.24) is 0 Å². The third kappa shape index (κ3) is 5.76. The number of hydrogen-bond donors (Lipinski definition) is 0. The minimum absolute atomic E-state index is 0.411. The molecule has 1 aromatic heterocycles. The van der Waals surface area contributed by atoms with Crippen molar-refractivity contribution in [2.75, 3.05) is 0 Å². The number of hydrogen-bond acceptors (Lipinski definition) is 2. The van der Waals surface area contributed by atoms with E-state index in [1.165, 1.54) is 27.1 Å². The summed E-state index contributed by atoms with van der Waals surface area (Å²) in [7, 11) is 0. The van der Waals surface area contributed by atoms with Crippen LogP contribution in [0.15, 0.2) is 195 Å². The van der Waals surface area contributed by atoms with Gasteiger partial charge in [-0.1, -0.05) is 152 Å². The average molecular weight is 668 g/mol. The Morgan fingerprint density at radius 1 is 0.481 bits per heavy atom. The van der Waals surface area contributed by atoms with Gasteiger partial charge in [-0.05, 0) is 80.3 Å². The number of amidine groups is 2. The lowest BCUT2D eigenvalue weighted by Crippen LogP contribution is -2.05. The predicted molar refractivity (Wildman–Crippen MR) is 219 cm³/mol. The summed E-state index contributed by atoms with van der Waals surface area (Å²) in [4.78, 5) is 14.4. The van der Waals surface area contributed by atoms with E-state index in [2.05, 4.69) is 115 Å². The molecule has 9 rings (SSSR count). The topological polar surface area (TPSA) is 50.2 Å². The molecule has 0 amide bonds. The lowest BCUT2D eigenvalue weighted by molar-refractivity contribution is 0.669. The lowest BCUT2D eigenvalue weighted by atomic mass is 9.93. The highest BCUT2D eigenvalue weighted by atomic mass is 16.3. The maximum absolute atomic E-state index is 6.53. The second-order valence-corrected chi connectivity index (χ2v) is 12.8. The normalized spacial score (nSPS) is 12.2. The molecule has 0 unspecified atom stereocenters. The maximum atomic E-state index is 6.53. The largest absolute Gasteiger partial charge is 0.456 e. The van der Waals surface area contributed by atoms with Crippen molar-refractivity contribution < 1.29 is 4.42 Å². The molecule has 0 aliphatic heterocycles. The van der Waals surface area contributed by atoms with Gasteiger partial charge in [0.1, 0.15) is 11.2 Å². The van der Waals surface area contributed by atoms with Gasteiger partial charge in [-0.3, -0.25) is 4.99 Å². The highest BCUT2D eigenvalue weighted by molar-refractivity contribution is 6.15. The van der Waals surface area contributed by atoms with Crippen molar-refractivity contribution >= 4 is 61.9 Å². The molecule has 0 radical (unpaired) electrons. The quantitative estimate of drug-likeness (QED) is 0.0989. The van der Waals surface area contributed by atoms with Crippen LogP contribution in [0.1, 0.15) is 16.7 Å². The minimum atomic E-state index is 0.411. The van der Waals surface area contributed by atoms with Crippen LogP contribution >= 0.6 is 0 Å². The smallest absolute Gasteiger partial charge is 0.161 e. The van der Waals surface area contributed by atoms with E-state index in [1.54, 1.807) is 0 Å². The molecule has 0 N–H and O–H groups in total. The fraction of sp³-hybridized carbons (Fsp3) is 0.0208. The molecule has 9 aromatic rings. The van der Waals surface area contributed by atoms with E-state index >= 15 is 0 Å². The molecule has 4 heteroatoms. The molecule has 8 aromatic carbocycles. The van der Waals surface area contributed by atoms with Crippen LogP contribution in [0.2, 0.25) is 0 Å². The first-order valence-electron chi connectivity index (χ1n) is 17.4. The van der Waals surface area contributed by atoms with Crippen LogP contribution in [0.25, 0.3) is 65.7 Å². The second-order valence-electron chi connectivity index (χ2n) is 12.8. The molecule has 0 aliphatic carbocycles. The standard InChI is InChI=1S/C48H33N3O/c1-49-47(35-25-23-33(24-26-35)32-13-4-2-5-14-32)51-48(34-15-6-3-7-16-34)50-31-38-18-12-22-44-46(38)42-28-27-37(30-45(42)52-44)43-29-36-17-8-9-19-39(36)40-20-10-11-21-41(40)43/h2-30H,1,31H2. The number of furan rings is 1. The van der Waals surface area contributed by atoms with Crippen LogP contribution in [0.4, 0.5) is 0 Å². The average Bonchev–Trinajstić information content (AvgIpc) is 3.60. The first kappa shape index (κ1) is 31.1. The van der Waals surface area contributed by atoms with E-state index in [0.717, 1.165) is 55.3 Å². The molecule has 0 spiro atoms. The van der Waals surface area contributed by atoms with Gasteiger partial charge < -0.3 is 4.42 Å². The number of rotatable bonds is 6. The van der Waals surface area contributed by atoms with Gasteiger partial charge in [0.2, 0.25) is 0 Å². The summed E-state index contributed by atoms with van der Waals surface area (Å²) < 4.78 is 6.53. The van der Waals surface area contributed by atoms with Crippen LogP contribution in [0.5, 0.6) is 0 Å². The zero-order chi connectivity index (χ0) is 34.9. The van der Waals surface area contributed by atoms with Crippen LogP contribution in [0.3, 0.4) is 0 Å². The van der Waals surface area contributed by atoms with E-state index in [0.29, 0.717) is 18.2 Å². The van der Waals surface area contributed by atoms with Crippen molar-refractivity contribution in [2.45, 2.75) is 6.54 Å². The summed E-state index contributed by atoms with van der Waals surface area (Å²) >= 11 is 0. The molecule has 0 bridgehead atoms. The van der Waals surface area contributed by atoms with E-state index < -0.39 is 0 Å². The van der Waals surface area contributed by atoms with Gasteiger partial charge in [0, 0.05) is 21.9 Å². The maximum Gasteiger partial charge on any atom is 0.161 e. The Balaban J connectivity index is 1.10. The molecule has 246 valence electrons. The minimum Gasteiger partial charge on any atom is -0.456 e. The van der Waals surface area contributed by atoms with Crippen LogP contribution < -0.4 is 0 Å². The fourth-order valence-electron chi connectivity index (χ4n) is 7.16. The van der Waals surface area contributed by atoms with E-state index in [9.17, 15) is 0 Å². The predicted octanol–water partition coefficient (Wildman–Crippen LogP) is 12.3. The van der Waals surface area contributed by atoms with Crippen LogP contribution in [-0.4, -0.2) is 18.4 Å². The number of benzene rings is 8. The summed E-state index contributed by atoms with van der Waals surface area (Å²) in [6, 6.07) is 60.8. The van der Waals surface area contributed by atoms with Gasteiger partial charge in [-0.25, -0.2) is 9.98 Å². The Labute approximate surface area is 301 Å². The lowest BCUT2D eigenvalue weighted by Gasteiger charge is -2.11. The van der Waals surface area contributed by atoms with Crippen molar-refractivity contribution in [3.63, 3.8) is 0 Å². The zero-order valence-corrected chi connectivity index (χ0v) is 28.4. The third-order valence-electron chi connectivity index (χ3n) is 9.71. The Morgan fingerprint density at radius 2 is 1.13 bits per heavy atom. The molecule has 4 nitrogen and oxygen atoms in total. The first-order chi connectivity index (χ1) is 25.7. The van der Waals surface area contributed by atoms with E-state index in [4.69, 9.17) is 14.4 Å². The van der Waals surface area contributed by atoms with Gasteiger partial charge in [0.25, 0.3) is 0 Å². The monoisotopic (exact) mass is 667 g/mol. The van der Waals surface area contributed by atoms with Gasteiger partial charge >= 0.3 is 0 Å².